The van der Waals surface area contributed by atoms with E-state index in [1.54, 1.807) is 0 Å². The Morgan fingerprint density at radius 3 is 2.65 bits per heavy atom. The molecular weight excluding hydrogens is 210 g/mol. The van der Waals surface area contributed by atoms with E-state index in [0.717, 1.165) is 6.54 Å². The third-order valence-electron chi connectivity index (χ3n) is 3.57. The van der Waals surface area contributed by atoms with E-state index in [4.69, 9.17) is 0 Å². The van der Waals surface area contributed by atoms with Gasteiger partial charge in [-0.15, -0.1) is 0 Å². The zero-order chi connectivity index (χ0) is 12.1. The summed E-state index contributed by atoms with van der Waals surface area (Å²) in [5.41, 5.74) is 2.55. The molecule has 0 saturated carbocycles. The smallest absolute Gasteiger partial charge is 0.0447 e. The molecule has 3 heteroatoms. The van der Waals surface area contributed by atoms with Gasteiger partial charge < -0.3 is 15.5 Å². The van der Waals surface area contributed by atoms with Gasteiger partial charge in [-0.25, -0.2) is 0 Å². The highest BCUT2D eigenvalue weighted by atomic mass is 15.2. The maximum absolute atomic E-state index is 3.43. The Balaban J connectivity index is 2.04. The molecule has 1 fully saturated rings. The van der Waals surface area contributed by atoms with Gasteiger partial charge in [-0.1, -0.05) is 12.1 Å². The molecule has 0 amide bonds. The van der Waals surface area contributed by atoms with Crippen molar-refractivity contribution in [3.05, 3.63) is 29.8 Å². The molecule has 17 heavy (non-hydrogen) atoms. The minimum atomic E-state index is 0.432. The minimum absolute atomic E-state index is 0.432. The van der Waals surface area contributed by atoms with Crippen molar-refractivity contribution in [2.24, 2.45) is 0 Å². The number of likely N-dealkylation sites (tertiary alicyclic amines) is 1. The minimum Gasteiger partial charge on any atom is -0.388 e. The van der Waals surface area contributed by atoms with Crippen LogP contribution in [0, 0.1) is 0 Å². The van der Waals surface area contributed by atoms with Gasteiger partial charge in [-0.05, 0) is 50.7 Å². The summed E-state index contributed by atoms with van der Waals surface area (Å²) in [6, 6.07) is 9.10. The van der Waals surface area contributed by atoms with Gasteiger partial charge in [-0.2, -0.15) is 0 Å². The van der Waals surface area contributed by atoms with E-state index < -0.39 is 0 Å². The van der Waals surface area contributed by atoms with Crippen molar-refractivity contribution >= 4 is 5.69 Å². The van der Waals surface area contributed by atoms with Crippen molar-refractivity contribution in [2.45, 2.75) is 18.9 Å². The summed E-state index contributed by atoms with van der Waals surface area (Å²) in [5.74, 6) is 0. The van der Waals surface area contributed by atoms with Crippen LogP contribution in [0.5, 0.6) is 0 Å². The number of nitrogens with one attached hydrogen (secondary N) is 2. The van der Waals surface area contributed by atoms with E-state index in [1.165, 1.54) is 37.2 Å². The van der Waals surface area contributed by atoms with E-state index in [2.05, 4.69) is 39.8 Å². The Morgan fingerprint density at radius 2 is 2.00 bits per heavy atom. The first-order valence-corrected chi connectivity index (χ1v) is 6.51. The molecule has 1 saturated heterocycles. The Kier molecular flexibility index (Phi) is 4.40. The second-order valence-electron chi connectivity index (χ2n) is 4.72. The predicted molar refractivity (Wildman–Crippen MR) is 73.5 cm³/mol. The first-order valence-electron chi connectivity index (χ1n) is 6.51. The van der Waals surface area contributed by atoms with E-state index in [9.17, 15) is 0 Å². The van der Waals surface area contributed by atoms with Crippen LogP contribution in [0.1, 0.15) is 24.4 Å². The maximum Gasteiger partial charge on any atom is 0.0447 e. The lowest BCUT2D eigenvalue weighted by molar-refractivity contribution is 0.299. The van der Waals surface area contributed by atoms with Crippen LogP contribution in [-0.4, -0.2) is 38.6 Å². The summed E-state index contributed by atoms with van der Waals surface area (Å²) in [6.07, 6.45) is 2.71. The summed E-state index contributed by atoms with van der Waals surface area (Å²) in [5, 5.41) is 6.63. The molecule has 3 nitrogen and oxygen atoms in total. The summed E-state index contributed by atoms with van der Waals surface area (Å²) in [6.45, 7) is 3.62. The van der Waals surface area contributed by atoms with Gasteiger partial charge in [0, 0.05) is 25.3 Å². The Hall–Kier alpha value is -1.06. The molecule has 2 N–H and O–H groups in total. The number of anilines is 1. The monoisotopic (exact) mass is 233 g/mol. The average Bonchev–Trinajstić information content (AvgIpc) is 2.89. The number of nitrogens with zero attached hydrogens (tertiary/aromatic N) is 1. The van der Waals surface area contributed by atoms with Gasteiger partial charge in [0.05, 0.1) is 0 Å². The maximum atomic E-state index is 3.43. The molecule has 1 aromatic carbocycles. The van der Waals surface area contributed by atoms with Gasteiger partial charge in [0.1, 0.15) is 0 Å². The molecule has 1 heterocycles. The molecule has 0 bridgehead atoms. The fraction of sp³-hybridized carbons (Fsp3) is 0.571. The molecule has 0 spiro atoms. The highest BCUT2D eigenvalue weighted by molar-refractivity contribution is 5.45. The SMILES string of the molecule is CNc1cccc([C@H](CN2CCCC2)NC)c1. The second kappa shape index (κ2) is 6.03. The molecule has 0 aromatic heterocycles. The Morgan fingerprint density at radius 1 is 1.24 bits per heavy atom. The van der Waals surface area contributed by atoms with E-state index in [-0.39, 0.29) is 0 Å². The molecule has 1 aliphatic rings. The van der Waals surface area contributed by atoms with Crippen molar-refractivity contribution in [1.82, 2.24) is 10.2 Å². The van der Waals surface area contributed by atoms with Gasteiger partial charge in [0.2, 0.25) is 0 Å². The third kappa shape index (κ3) is 3.20. The van der Waals surface area contributed by atoms with Crippen LogP contribution in [0.4, 0.5) is 5.69 Å². The van der Waals surface area contributed by atoms with Gasteiger partial charge in [0.25, 0.3) is 0 Å². The van der Waals surface area contributed by atoms with E-state index in [0.29, 0.717) is 6.04 Å². The van der Waals surface area contributed by atoms with Crippen LogP contribution in [0.3, 0.4) is 0 Å². The summed E-state index contributed by atoms with van der Waals surface area (Å²) < 4.78 is 0. The van der Waals surface area contributed by atoms with Crippen LogP contribution >= 0.6 is 0 Å². The van der Waals surface area contributed by atoms with Crippen LogP contribution < -0.4 is 10.6 Å². The lowest BCUT2D eigenvalue weighted by Gasteiger charge is -2.23. The van der Waals surface area contributed by atoms with Gasteiger partial charge in [0.15, 0.2) is 0 Å². The Bertz CT molecular complexity index is 345. The standard InChI is InChI=1S/C14H23N3/c1-15-13-7-5-6-12(10-13)14(16-2)11-17-8-3-4-9-17/h5-7,10,14-16H,3-4,8-9,11H2,1-2H3/t14-/m0/s1. The van der Waals surface area contributed by atoms with Crippen LogP contribution in [-0.2, 0) is 0 Å². The van der Waals surface area contributed by atoms with Crippen molar-refractivity contribution in [3.63, 3.8) is 0 Å². The molecule has 0 unspecified atom stereocenters. The molecule has 1 atom stereocenters. The van der Waals surface area contributed by atoms with Crippen molar-refractivity contribution in [3.8, 4) is 0 Å². The summed E-state index contributed by atoms with van der Waals surface area (Å²) in [4.78, 5) is 2.55. The van der Waals surface area contributed by atoms with Crippen LogP contribution in [0.15, 0.2) is 24.3 Å². The molecule has 94 valence electrons. The van der Waals surface area contributed by atoms with Crippen LogP contribution in [0.2, 0.25) is 0 Å². The van der Waals surface area contributed by atoms with Crippen molar-refractivity contribution < 1.29 is 0 Å². The molecule has 0 aliphatic carbocycles. The molecule has 2 rings (SSSR count). The number of rotatable bonds is 5. The molecule has 0 radical (unpaired) electrons. The van der Waals surface area contributed by atoms with Gasteiger partial charge >= 0.3 is 0 Å². The van der Waals surface area contributed by atoms with Gasteiger partial charge in [-0.3, -0.25) is 0 Å². The lowest BCUT2D eigenvalue weighted by Crippen LogP contribution is -2.31. The summed E-state index contributed by atoms with van der Waals surface area (Å²) in [7, 11) is 4.01. The van der Waals surface area contributed by atoms with E-state index in [1.807, 2.05) is 14.1 Å². The normalized spacial score (nSPS) is 18.2. The van der Waals surface area contributed by atoms with Crippen LogP contribution in [0.25, 0.3) is 0 Å². The molecule has 1 aliphatic heterocycles. The largest absolute Gasteiger partial charge is 0.388 e. The highest BCUT2D eigenvalue weighted by Gasteiger charge is 2.17. The quantitative estimate of drug-likeness (QED) is 0.815. The third-order valence-corrected chi connectivity index (χ3v) is 3.57. The topological polar surface area (TPSA) is 27.3 Å². The second-order valence-corrected chi connectivity index (χ2v) is 4.72. The first kappa shape index (κ1) is 12.4. The highest BCUT2D eigenvalue weighted by Crippen LogP contribution is 2.20. The average molecular weight is 233 g/mol. The first-order chi connectivity index (χ1) is 8.33. The number of benzene rings is 1. The lowest BCUT2D eigenvalue weighted by atomic mass is 10.1. The molecular formula is C14H23N3. The van der Waals surface area contributed by atoms with E-state index >= 15 is 0 Å². The zero-order valence-electron chi connectivity index (χ0n) is 10.9. The number of likely N-dealkylation sites (N-methyl/N-ethyl adjacent to an activating group) is 1. The fourth-order valence-electron chi connectivity index (χ4n) is 2.50. The summed E-state index contributed by atoms with van der Waals surface area (Å²) >= 11 is 0. The number of hydrogen-bond acceptors (Lipinski definition) is 3. The van der Waals surface area contributed by atoms with Crippen molar-refractivity contribution in [2.75, 3.05) is 39.0 Å². The van der Waals surface area contributed by atoms with Crippen molar-refractivity contribution in [1.29, 1.82) is 0 Å². The predicted octanol–water partition coefficient (Wildman–Crippen LogP) is 2.08. The number of hydrogen-bond donors (Lipinski definition) is 2. The fourth-order valence-corrected chi connectivity index (χ4v) is 2.50. The Labute approximate surface area is 104 Å². The molecule has 1 aromatic rings. The zero-order valence-corrected chi connectivity index (χ0v) is 10.9.